The molecule has 0 aliphatic carbocycles. The van der Waals surface area contributed by atoms with Crippen molar-refractivity contribution >= 4 is 23.0 Å². The molecule has 0 bridgehead atoms. The predicted molar refractivity (Wildman–Crippen MR) is 91.1 cm³/mol. The normalized spacial score (nSPS) is 16.9. The molecule has 1 amide bonds. The van der Waals surface area contributed by atoms with Gasteiger partial charge in [-0.3, -0.25) is 4.79 Å². The standard InChI is InChI=1S/C18H17F2N3O2/c1-10-9-15(24)22-23-18(10)11-3-5-12(6-4-11)21-13-7-8-14(25-2)17(20)16(13)19/h3-8,10,21H,9H2,1-2H3,(H,22,24)/t10-/m1/s1. The number of hydrogen-bond donors (Lipinski definition) is 2. The summed E-state index contributed by atoms with van der Waals surface area (Å²) >= 11 is 0. The maximum absolute atomic E-state index is 14.0. The Morgan fingerprint density at radius 3 is 2.52 bits per heavy atom. The number of nitrogens with zero attached hydrogens (tertiary/aromatic N) is 1. The van der Waals surface area contributed by atoms with Crippen LogP contribution in [0.25, 0.3) is 0 Å². The van der Waals surface area contributed by atoms with Gasteiger partial charge in [0.05, 0.1) is 18.5 Å². The molecule has 1 atom stereocenters. The van der Waals surface area contributed by atoms with Crippen LogP contribution in [0, 0.1) is 17.6 Å². The molecule has 1 aliphatic heterocycles. The minimum atomic E-state index is -1.04. The van der Waals surface area contributed by atoms with Crippen LogP contribution in [0.1, 0.15) is 18.9 Å². The zero-order valence-corrected chi connectivity index (χ0v) is 13.8. The van der Waals surface area contributed by atoms with Gasteiger partial charge in [0.2, 0.25) is 11.7 Å². The van der Waals surface area contributed by atoms with Gasteiger partial charge in [0.1, 0.15) is 0 Å². The van der Waals surface area contributed by atoms with Crippen molar-refractivity contribution in [1.29, 1.82) is 0 Å². The fraction of sp³-hybridized carbons (Fsp3) is 0.222. The molecule has 130 valence electrons. The Hall–Kier alpha value is -2.96. The van der Waals surface area contributed by atoms with Crippen LogP contribution in [0.15, 0.2) is 41.5 Å². The summed E-state index contributed by atoms with van der Waals surface area (Å²) in [7, 11) is 1.28. The number of ether oxygens (including phenoxy) is 1. The number of rotatable bonds is 4. The molecule has 1 heterocycles. The first-order valence-corrected chi connectivity index (χ1v) is 7.75. The third-order valence-corrected chi connectivity index (χ3v) is 3.99. The number of halogens is 2. The van der Waals surface area contributed by atoms with Crippen molar-refractivity contribution in [2.24, 2.45) is 11.0 Å². The van der Waals surface area contributed by atoms with Crippen LogP contribution in [-0.2, 0) is 4.79 Å². The number of amides is 1. The smallest absolute Gasteiger partial charge is 0.240 e. The van der Waals surface area contributed by atoms with Gasteiger partial charge in [0, 0.05) is 18.0 Å². The molecule has 7 heteroatoms. The summed E-state index contributed by atoms with van der Waals surface area (Å²) in [6, 6.07) is 9.87. The fourth-order valence-electron chi connectivity index (χ4n) is 2.67. The van der Waals surface area contributed by atoms with Crippen LogP contribution in [-0.4, -0.2) is 18.7 Å². The van der Waals surface area contributed by atoms with Gasteiger partial charge in [0.15, 0.2) is 11.6 Å². The molecule has 0 fully saturated rings. The average Bonchev–Trinajstić information content (AvgIpc) is 2.60. The van der Waals surface area contributed by atoms with Crippen molar-refractivity contribution < 1.29 is 18.3 Å². The first-order chi connectivity index (χ1) is 12.0. The molecule has 5 nitrogen and oxygen atoms in total. The van der Waals surface area contributed by atoms with Crippen molar-refractivity contribution in [3.8, 4) is 5.75 Å². The second-order valence-corrected chi connectivity index (χ2v) is 5.78. The molecule has 2 N–H and O–H groups in total. The van der Waals surface area contributed by atoms with E-state index in [9.17, 15) is 13.6 Å². The third-order valence-electron chi connectivity index (χ3n) is 3.99. The minimum absolute atomic E-state index is 0.0145. The van der Waals surface area contributed by atoms with Gasteiger partial charge in [0.25, 0.3) is 0 Å². The van der Waals surface area contributed by atoms with Crippen LogP contribution < -0.4 is 15.5 Å². The number of carbonyl (C=O) groups is 1. The number of methoxy groups -OCH3 is 1. The Balaban J connectivity index is 1.80. The van der Waals surface area contributed by atoms with Crippen molar-refractivity contribution in [2.75, 3.05) is 12.4 Å². The molecule has 0 saturated heterocycles. The molecule has 1 aliphatic rings. The molecule has 2 aromatic rings. The van der Waals surface area contributed by atoms with E-state index in [4.69, 9.17) is 4.74 Å². The average molecular weight is 345 g/mol. The SMILES string of the molecule is COc1ccc(Nc2ccc(C3=NNC(=O)C[C@H]3C)cc2)c(F)c1F. The van der Waals surface area contributed by atoms with E-state index in [0.717, 1.165) is 11.3 Å². The van der Waals surface area contributed by atoms with Gasteiger partial charge in [-0.15, -0.1) is 0 Å². The lowest BCUT2D eigenvalue weighted by Gasteiger charge is -2.19. The lowest BCUT2D eigenvalue weighted by atomic mass is 9.94. The molecule has 3 rings (SSSR count). The second kappa shape index (κ2) is 6.88. The molecule has 0 spiro atoms. The number of anilines is 2. The fourth-order valence-corrected chi connectivity index (χ4v) is 2.67. The van der Waals surface area contributed by atoms with E-state index in [1.165, 1.54) is 19.2 Å². The molecule has 25 heavy (non-hydrogen) atoms. The van der Waals surface area contributed by atoms with E-state index in [1.54, 1.807) is 12.1 Å². The van der Waals surface area contributed by atoms with E-state index in [2.05, 4.69) is 15.8 Å². The monoisotopic (exact) mass is 345 g/mol. The van der Waals surface area contributed by atoms with Crippen molar-refractivity contribution in [3.05, 3.63) is 53.6 Å². The maximum Gasteiger partial charge on any atom is 0.240 e. The van der Waals surface area contributed by atoms with Crippen LogP contribution in [0.3, 0.4) is 0 Å². The summed E-state index contributed by atoms with van der Waals surface area (Å²) in [5, 5.41) is 6.93. The highest BCUT2D eigenvalue weighted by atomic mass is 19.2. The summed E-state index contributed by atoms with van der Waals surface area (Å²) in [6.45, 7) is 1.93. The molecular formula is C18H17F2N3O2. The summed E-state index contributed by atoms with van der Waals surface area (Å²) in [5.41, 5.74) is 4.73. The van der Waals surface area contributed by atoms with Gasteiger partial charge >= 0.3 is 0 Å². The Kier molecular flexibility index (Phi) is 4.65. The van der Waals surface area contributed by atoms with Crippen LogP contribution in [0.2, 0.25) is 0 Å². The summed E-state index contributed by atoms with van der Waals surface area (Å²) in [6.07, 6.45) is 0.384. The molecule has 0 aromatic heterocycles. The zero-order chi connectivity index (χ0) is 18.0. The number of hydrazone groups is 1. The first kappa shape index (κ1) is 16.9. The highest BCUT2D eigenvalue weighted by Gasteiger charge is 2.21. The Bertz CT molecular complexity index is 835. The molecule has 2 aromatic carbocycles. The molecule has 0 saturated carbocycles. The van der Waals surface area contributed by atoms with Crippen LogP contribution in [0.4, 0.5) is 20.2 Å². The van der Waals surface area contributed by atoms with Crippen molar-refractivity contribution in [1.82, 2.24) is 5.43 Å². The Morgan fingerprint density at radius 1 is 1.16 bits per heavy atom. The van der Waals surface area contributed by atoms with E-state index >= 15 is 0 Å². The quantitative estimate of drug-likeness (QED) is 0.890. The Labute approximate surface area is 143 Å². The van der Waals surface area contributed by atoms with Crippen LogP contribution >= 0.6 is 0 Å². The topological polar surface area (TPSA) is 62.7 Å². The highest BCUT2D eigenvalue weighted by Crippen LogP contribution is 2.28. The van der Waals surface area contributed by atoms with E-state index in [-0.39, 0.29) is 23.3 Å². The predicted octanol–water partition coefficient (Wildman–Crippen LogP) is 3.58. The van der Waals surface area contributed by atoms with Gasteiger partial charge in [-0.25, -0.2) is 9.82 Å². The first-order valence-electron chi connectivity index (χ1n) is 7.75. The highest BCUT2D eigenvalue weighted by molar-refractivity contribution is 6.05. The molecule has 0 unspecified atom stereocenters. The van der Waals surface area contributed by atoms with Gasteiger partial charge in [-0.05, 0) is 29.8 Å². The van der Waals surface area contributed by atoms with Crippen molar-refractivity contribution in [3.63, 3.8) is 0 Å². The van der Waals surface area contributed by atoms with Crippen LogP contribution in [0.5, 0.6) is 5.75 Å². The number of nitrogens with one attached hydrogen (secondary N) is 2. The van der Waals surface area contributed by atoms with E-state index < -0.39 is 11.6 Å². The summed E-state index contributed by atoms with van der Waals surface area (Å²) in [5.74, 6) is -2.28. The largest absolute Gasteiger partial charge is 0.494 e. The molecular weight excluding hydrogens is 328 g/mol. The number of carbonyl (C=O) groups excluding carboxylic acids is 1. The van der Waals surface area contributed by atoms with Gasteiger partial charge in [-0.1, -0.05) is 19.1 Å². The minimum Gasteiger partial charge on any atom is -0.494 e. The number of benzene rings is 2. The van der Waals surface area contributed by atoms with Gasteiger partial charge < -0.3 is 10.1 Å². The third kappa shape index (κ3) is 3.45. The van der Waals surface area contributed by atoms with E-state index in [0.29, 0.717) is 12.1 Å². The van der Waals surface area contributed by atoms with Gasteiger partial charge in [-0.2, -0.15) is 9.49 Å². The lowest BCUT2D eigenvalue weighted by Crippen LogP contribution is -2.31. The number of hydrogen-bond acceptors (Lipinski definition) is 4. The van der Waals surface area contributed by atoms with Crippen molar-refractivity contribution in [2.45, 2.75) is 13.3 Å². The maximum atomic E-state index is 14.0. The zero-order valence-electron chi connectivity index (χ0n) is 13.8. The second-order valence-electron chi connectivity index (χ2n) is 5.78. The summed E-state index contributed by atoms with van der Waals surface area (Å²) < 4.78 is 32.5. The lowest BCUT2D eigenvalue weighted by molar-refractivity contribution is -0.121. The van der Waals surface area contributed by atoms with E-state index in [1.807, 2.05) is 19.1 Å². The summed E-state index contributed by atoms with van der Waals surface area (Å²) in [4.78, 5) is 11.3. The Morgan fingerprint density at radius 2 is 1.88 bits per heavy atom. The molecule has 0 radical (unpaired) electrons.